The molecule has 0 amide bonds. The smallest absolute Gasteiger partial charge is 0.0517 e. The molecule has 1 aromatic rings. The summed E-state index contributed by atoms with van der Waals surface area (Å²) in [6.45, 7) is 7.89. The summed E-state index contributed by atoms with van der Waals surface area (Å²) in [5.41, 5.74) is 1.31. The molecule has 0 aliphatic heterocycles. The van der Waals surface area contributed by atoms with Crippen LogP contribution in [-0.2, 0) is 6.54 Å². The molecule has 0 bridgehead atoms. The second-order valence-corrected chi connectivity index (χ2v) is 5.18. The van der Waals surface area contributed by atoms with Crippen LogP contribution in [0.3, 0.4) is 0 Å². The fourth-order valence-electron chi connectivity index (χ4n) is 1.92. The van der Waals surface area contributed by atoms with Crippen molar-refractivity contribution in [1.29, 1.82) is 0 Å². The number of aliphatic hydroxyl groups is 1. The number of hydrogen-bond donors (Lipinski definition) is 2. The van der Waals surface area contributed by atoms with Crippen LogP contribution in [0.1, 0.15) is 32.8 Å². The van der Waals surface area contributed by atoms with E-state index in [0.717, 1.165) is 19.5 Å². The van der Waals surface area contributed by atoms with Gasteiger partial charge in [-0.2, -0.15) is 0 Å². The van der Waals surface area contributed by atoms with Crippen molar-refractivity contribution < 1.29 is 5.11 Å². The topological polar surface area (TPSA) is 45.1 Å². The van der Waals surface area contributed by atoms with Gasteiger partial charge in [-0.25, -0.2) is 0 Å². The normalized spacial score (nSPS) is 13.8. The van der Waals surface area contributed by atoms with Gasteiger partial charge >= 0.3 is 0 Å². The first-order valence-electron chi connectivity index (χ1n) is 5.77. The molecule has 2 N–H and O–H groups in total. The van der Waals surface area contributed by atoms with E-state index in [1.807, 2.05) is 19.2 Å². The molecule has 0 aliphatic rings. The van der Waals surface area contributed by atoms with E-state index in [1.165, 1.54) is 5.56 Å². The Morgan fingerprint density at radius 3 is 2.81 bits per heavy atom. The molecular weight excluding hydrogens is 200 g/mol. The van der Waals surface area contributed by atoms with E-state index in [9.17, 15) is 5.11 Å². The lowest BCUT2D eigenvalue weighted by Gasteiger charge is -2.26. The average Bonchev–Trinajstić information content (AvgIpc) is 2.16. The van der Waals surface area contributed by atoms with Crippen LogP contribution < -0.4 is 5.32 Å². The Morgan fingerprint density at radius 1 is 1.50 bits per heavy atom. The molecule has 0 fully saturated rings. The van der Waals surface area contributed by atoms with Gasteiger partial charge < -0.3 is 10.4 Å². The van der Waals surface area contributed by atoms with Crippen molar-refractivity contribution in [2.24, 2.45) is 5.41 Å². The number of aromatic nitrogens is 1. The second-order valence-electron chi connectivity index (χ2n) is 5.18. The summed E-state index contributed by atoms with van der Waals surface area (Å²) in [6, 6.07) is 4.00. The minimum atomic E-state index is -0.241. The van der Waals surface area contributed by atoms with Crippen molar-refractivity contribution in [1.82, 2.24) is 10.3 Å². The summed E-state index contributed by atoms with van der Waals surface area (Å²) < 4.78 is 0. The third-order valence-corrected chi connectivity index (χ3v) is 2.50. The SMILES string of the molecule is CC(O)CC(C)(C)CNCc1cccnc1. The molecule has 90 valence electrons. The second kappa shape index (κ2) is 5.97. The minimum absolute atomic E-state index is 0.121. The lowest BCUT2D eigenvalue weighted by Crippen LogP contribution is -2.31. The number of rotatable bonds is 6. The third-order valence-electron chi connectivity index (χ3n) is 2.50. The first kappa shape index (κ1) is 13.1. The van der Waals surface area contributed by atoms with E-state index >= 15 is 0 Å². The molecule has 0 spiro atoms. The minimum Gasteiger partial charge on any atom is -0.393 e. The van der Waals surface area contributed by atoms with Crippen LogP contribution in [-0.4, -0.2) is 22.7 Å². The molecule has 1 unspecified atom stereocenters. The number of hydrogen-bond acceptors (Lipinski definition) is 3. The summed E-state index contributed by atoms with van der Waals surface area (Å²) in [5.74, 6) is 0. The first-order chi connectivity index (χ1) is 7.49. The van der Waals surface area contributed by atoms with Crippen molar-refractivity contribution >= 4 is 0 Å². The molecule has 1 rings (SSSR count). The molecule has 0 saturated carbocycles. The quantitative estimate of drug-likeness (QED) is 0.773. The standard InChI is InChI=1S/C13H22N2O/c1-11(16)7-13(2,3)10-15-9-12-5-4-6-14-8-12/h4-6,8,11,15-16H,7,9-10H2,1-3H3. The molecule has 0 saturated heterocycles. The third kappa shape index (κ3) is 5.24. The van der Waals surface area contributed by atoms with Crippen LogP contribution in [0.4, 0.5) is 0 Å². The van der Waals surface area contributed by atoms with E-state index in [2.05, 4.69) is 30.2 Å². The highest BCUT2D eigenvalue weighted by Gasteiger charge is 2.19. The van der Waals surface area contributed by atoms with E-state index in [4.69, 9.17) is 0 Å². The highest BCUT2D eigenvalue weighted by molar-refractivity contribution is 5.07. The van der Waals surface area contributed by atoms with Crippen molar-refractivity contribution in [3.63, 3.8) is 0 Å². The Balaban J connectivity index is 2.30. The summed E-state index contributed by atoms with van der Waals surface area (Å²) in [6.07, 6.45) is 4.22. The maximum absolute atomic E-state index is 9.37. The van der Waals surface area contributed by atoms with Crippen molar-refractivity contribution in [2.75, 3.05) is 6.54 Å². The van der Waals surface area contributed by atoms with Gasteiger partial charge in [0.25, 0.3) is 0 Å². The lowest BCUT2D eigenvalue weighted by atomic mass is 9.87. The van der Waals surface area contributed by atoms with Gasteiger partial charge in [-0.1, -0.05) is 19.9 Å². The largest absolute Gasteiger partial charge is 0.393 e. The zero-order chi connectivity index (χ0) is 12.0. The van der Waals surface area contributed by atoms with E-state index in [-0.39, 0.29) is 11.5 Å². The summed E-state index contributed by atoms with van der Waals surface area (Å²) in [7, 11) is 0. The molecule has 1 atom stereocenters. The predicted molar refractivity (Wildman–Crippen MR) is 66.0 cm³/mol. The molecule has 1 heterocycles. The Morgan fingerprint density at radius 2 is 2.25 bits per heavy atom. The maximum atomic E-state index is 9.37. The Bertz CT molecular complexity index is 296. The zero-order valence-corrected chi connectivity index (χ0v) is 10.4. The number of aliphatic hydroxyl groups excluding tert-OH is 1. The fraction of sp³-hybridized carbons (Fsp3) is 0.615. The van der Waals surface area contributed by atoms with Crippen LogP contribution in [0.2, 0.25) is 0 Å². The molecule has 1 aromatic heterocycles. The van der Waals surface area contributed by atoms with E-state index < -0.39 is 0 Å². The van der Waals surface area contributed by atoms with Crippen molar-refractivity contribution in [2.45, 2.75) is 39.8 Å². The lowest BCUT2D eigenvalue weighted by molar-refractivity contribution is 0.128. The van der Waals surface area contributed by atoms with Crippen LogP contribution in [0.15, 0.2) is 24.5 Å². The Kier molecular flexibility index (Phi) is 4.90. The molecular formula is C13H22N2O. The molecule has 16 heavy (non-hydrogen) atoms. The number of pyridine rings is 1. The van der Waals surface area contributed by atoms with Gasteiger partial charge in [0.1, 0.15) is 0 Å². The fourth-order valence-corrected chi connectivity index (χ4v) is 1.92. The zero-order valence-electron chi connectivity index (χ0n) is 10.4. The Hall–Kier alpha value is -0.930. The van der Waals surface area contributed by atoms with Gasteiger partial charge in [0, 0.05) is 25.5 Å². The van der Waals surface area contributed by atoms with Crippen LogP contribution in [0.25, 0.3) is 0 Å². The summed E-state index contributed by atoms with van der Waals surface area (Å²) in [4.78, 5) is 4.07. The van der Waals surface area contributed by atoms with Gasteiger partial charge in [-0.15, -0.1) is 0 Å². The van der Waals surface area contributed by atoms with Crippen LogP contribution in [0.5, 0.6) is 0 Å². The monoisotopic (exact) mass is 222 g/mol. The summed E-state index contributed by atoms with van der Waals surface area (Å²) in [5, 5.41) is 12.8. The highest BCUT2D eigenvalue weighted by Crippen LogP contribution is 2.21. The summed E-state index contributed by atoms with van der Waals surface area (Å²) >= 11 is 0. The molecule has 3 heteroatoms. The number of nitrogens with zero attached hydrogens (tertiary/aromatic N) is 1. The number of nitrogens with one attached hydrogen (secondary N) is 1. The van der Waals surface area contributed by atoms with Gasteiger partial charge in [-0.05, 0) is 30.4 Å². The highest BCUT2D eigenvalue weighted by atomic mass is 16.3. The first-order valence-corrected chi connectivity index (χ1v) is 5.77. The molecule has 0 aliphatic carbocycles. The van der Waals surface area contributed by atoms with Gasteiger partial charge in [0.05, 0.1) is 6.10 Å². The van der Waals surface area contributed by atoms with Crippen LogP contribution in [0, 0.1) is 5.41 Å². The van der Waals surface area contributed by atoms with Crippen LogP contribution >= 0.6 is 0 Å². The van der Waals surface area contributed by atoms with Crippen molar-refractivity contribution in [3.8, 4) is 0 Å². The van der Waals surface area contributed by atoms with Gasteiger partial charge in [0.15, 0.2) is 0 Å². The molecule has 3 nitrogen and oxygen atoms in total. The van der Waals surface area contributed by atoms with Gasteiger partial charge in [0.2, 0.25) is 0 Å². The van der Waals surface area contributed by atoms with E-state index in [0.29, 0.717) is 0 Å². The molecule has 0 aromatic carbocycles. The molecule has 0 radical (unpaired) electrons. The predicted octanol–water partition coefficient (Wildman–Crippen LogP) is 1.97. The van der Waals surface area contributed by atoms with E-state index in [1.54, 1.807) is 6.20 Å². The maximum Gasteiger partial charge on any atom is 0.0517 e. The Labute approximate surface area is 97.9 Å². The van der Waals surface area contributed by atoms with Gasteiger partial charge in [-0.3, -0.25) is 4.98 Å². The van der Waals surface area contributed by atoms with Crippen molar-refractivity contribution in [3.05, 3.63) is 30.1 Å². The average molecular weight is 222 g/mol.